The first-order valence-corrected chi connectivity index (χ1v) is 13.1. The van der Waals surface area contributed by atoms with Crippen LogP contribution in [0.15, 0.2) is 12.4 Å². The molecule has 4 aliphatic rings. The third-order valence-corrected chi connectivity index (χ3v) is 10.5. The van der Waals surface area contributed by atoms with Gasteiger partial charge in [0.2, 0.25) is 0 Å². The number of aliphatic hydroxyl groups is 2. The minimum atomic E-state index is -0.840. The Balaban J connectivity index is 1.31. The number of rotatable bonds is 5. The summed E-state index contributed by atoms with van der Waals surface area (Å²) < 4.78 is 7.08. The molecule has 0 bridgehead atoms. The summed E-state index contributed by atoms with van der Waals surface area (Å²) in [5.74, 6) is 3.86. The molecule has 0 amide bonds. The van der Waals surface area contributed by atoms with E-state index in [0.717, 1.165) is 43.4 Å². The van der Waals surface area contributed by atoms with E-state index in [-0.39, 0.29) is 11.3 Å². The predicted molar refractivity (Wildman–Crippen MR) is 125 cm³/mol. The zero-order chi connectivity index (χ0) is 23.4. The molecule has 6 heteroatoms. The Hall–Kier alpha value is -1.42. The molecule has 4 saturated carbocycles. The Labute approximate surface area is 198 Å². The van der Waals surface area contributed by atoms with Crippen LogP contribution in [-0.4, -0.2) is 44.9 Å². The van der Waals surface area contributed by atoms with Crippen molar-refractivity contribution in [3.8, 4) is 6.07 Å². The molecule has 4 aliphatic carbocycles. The minimum Gasteiger partial charge on any atom is -0.388 e. The number of nitriles is 1. The zero-order valence-electron chi connectivity index (χ0n) is 20.5. The molecule has 1 unspecified atom stereocenters. The van der Waals surface area contributed by atoms with Gasteiger partial charge in [-0.3, -0.25) is 4.68 Å². The van der Waals surface area contributed by atoms with Gasteiger partial charge in [-0.25, -0.2) is 0 Å². The average Bonchev–Trinajstić information content (AvgIpc) is 3.36. The highest BCUT2D eigenvalue weighted by Gasteiger charge is 2.60. The van der Waals surface area contributed by atoms with E-state index >= 15 is 0 Å². The Morgan fingerprint density at radius 2 is 1.97 bits per heavy atom. The van der Waals surface area contributed by atoms with Gasteiger partial charge in [-0.05, 0) is 106 Å². The van der Waals surface area contributed by atoms with E-state index in [0.29, 0.717) is 30.6 Å². The van der Waals surface area contributed by atoms with Crippen molar-refractivity contribution in [3.05, 3.63) is 18.0 Å². The highest BCUT2D eigenvalue weighted by Crippen LogP contribution is 2.66. The molecule has 0 radical (unpaired) electrons. The Kier molecular flexibility index (Phi) is 5.91. The number of fused-ring (bicyclic) bond motifs is 5. The van der Waals surface area contributed by atoms with E-state index in [9.17, 15) is 10.2 Å². The number of methoxy groups -OCH3 is 1. The van der Waals surface area contributed by atoms with E-state index < -0.39 is 11.2 Å². The maximum Gasteiger partial charge on any atom is 0.102 e. The lowest BCUT2D eigenvalue weighted by atomic mass is 9.48. The van der Waals surface area contributed by atoms with Crippen LogP contribution in [0, 0.1) is 52.3 Å². The monoisotopic (exact) mass is 455 g/mol. The van der Waals surface area contributed by atoms with Crippen LogP contribution < -0.4 is 0 Å². The van der Waals surface area contributed by atoms with E-state index in [1.54, 1.807) is 24.2 Å². The van der Waals surface area contributed by atoms with Gasteiger partial charge in [-0.1, -0.05) is 6.92 Å². The van der Waals surface area contributed by atoms with Crippen molar-refractivity contribution < 1.29 is 14.9 Å². The highest BCUT2D eigenvalue weighted by molar-refractivity contribution is 5.21. The van der Waals surface area contributed by atoms with Crippen molar-refractivity contribution in [2.75, 3.05) is 13.7 Å². The number of ether oxygens (including phenoxy) is 1. The molecule has 1 aromatic rings. The first kappa shape index (κ1) is 23.3. The Morgan fingerprint density at radius 3 is 2.70 bits per heavy atom. The van der Waals surface area contributed by atoms with Crippen LogP contribution in [0.3, 0.4) is 0 Å². The quantitative estimate of drug-likeness (QED) is 0.696. The standard InChI is InChI=1S/C27H41N3O3/c1-25-10-8-21-20-9-11-27(32,17-33-3)12-19(20)4-5-22(21)23(25)6-7-24(25)26(2,31)16-30-15-18(13-28)14-29-30/h14-15,19-24,31-32H,4-12,16-17H2,1-3H3/t19-,20-,21+,22+,23-,24-,25-,26?,27+/m0/s1. The van der Waals surface area contributed by atoms with Gasteiger partial charge in [0.05, 0.1) is 36.1 Å². The summed E-state index contributed by atoms with van der Waals surface area (Å²) in [6.45, 7) is 5.35. The second-order valence-electron chi connectivity index (χ2n) is 12.4. The van der Waals surface area contributed by atoms with Gasteiger partial charge in [0, 0.05) is 13.3 Å². The largest absolute Gasteiger partial charge is 0.388 e. The van der Waals surface area contributed by atoms with Crippen LogP contribution in [-0.2, 0) is 11.3 Å². The van der Waals surface area contributed by atoms with Crippen molar-refractivity contribution in [1.29, 1.82) is 5.26 Å². The lowest BCUT2D eigenvalue weighted by molar-refractivity contribution is -0.138. The molecule has 1 aromatic heterocycles. The summed E-state index contributed by atoms with van der Waals surface area (Å²) in [6.07, 6.45) is 13.5. The molecular formula is C27H41N3O3. The lowest BCUT2D eigenvalue weighted by Gasteiger charge is -2.58. The van der Waals surface area contributed by atoms with Crippen molar-refractivity contribution in [1.82, 2.24) is 9.78 Å². The molecule has 182 valence electrons. The summed E-state index contributed by atoms with van der Waals surface area (Å²) in [6, 6.07) is 2.13. The molecule has 4 fully saturated rings. The van der Waals surface area contributed by atoms with Gasteiger partial charge in [0.15, 0.2) is 0 Å². The van der Waals surface area contributed by atoms with E-state index in [4.69, 9.17) is 10.00 Å². The van der Waals surface area contributed by atoms with Crippen LogP contribution in [0.1, 0.15) is 77.2 Å². The summed E-state index contributed by atoms with van der Waals surface area (Å²) in [5.41, 5.74) is -0.758. The third kappa shape index (κ3) is 3.94. The molecule has 2 N–H and O–H groups in total. The highest BCUT2D eigenvalue weighted by atomic mass is 16.5. The SMILES string of the molecule is COC[C@@]1(O)CC[C@H]2[C@@H](CC[C@@H]3[C@@H]2CC[C@]2(C)[C@@H](C(C)(O)Cn4cc(C#N)cn4)CC[C@@H]32)C1. The van der Waals surface area contributed by atoms with Gasteiger partial charge in [-0.2, -0.15) is 10.4 Å². The third-order valence-electron chi connectivity index (χ3n) is 10.5. The van der Waals surface area contributed by atoms with E-state index in [2.05, 4.69) is 18.1 Å². The average molecular weight is 456 g/mol. The van der Waals surface area contributed by atoms with Gasteiger partial charge < -0.3 is 14.9 Å². The van der Waals surface area contributed by atoms with E-state index in [1.165, 1.54) is 32.1 Å². The van der Waals surface area contributed by atoms with Crippen LogP contribution in [0.4, 0.5) is 0 Å². The second kappa shape index (κ2) is 8.36. The molecule has 6 nitrogen and oxygen atoms in total. The molecule has 0 spiro atoms. The Morgan fingerprint density at radius 1 is 1.18 bits per heavy atom. The first-order chi connectivity index (χ1) is 15.7. The maximum absolute atomic E-state index is 11.7. The van der Waals surface area contributed by atoms with Crippen LogP contribution in [0.2, 0.25) is 0 Å². The molecule has 33 heavy (non-hydrogen) atoms. The van der Waals surface area contributed by atoms with Crippen molar-refractivity contribution in [2.24, 2.45) is 40.9 Å². The molecule has 0 aromatic carbocycles. The zero-order valence-corrected chi connectivity index (χ0v) is 20.5. The lowest BCUT2D eigenvalue weighted by Crippen LogP contribution is -2.54. The summed E-state index contributed by atoms with van der Waals surface area (Å²) in [4.78, 5) is 0. The first-order valence-electron chi connectivity index (χ1n) is 13.1. The fourth-order valence-corrected chi connectivity index (χ4v) is 9.33. The van der Waals surface area contributed by atoms with Gasteiger partial charge in [0.1, 0.15) is 6.07 Å². The summed E-state index contributed by atoms with van der Waals surface area (Å²) in [7, 11) is 1.70. The number of aromatic nitrogens is 2. The second-order valence-corrected chi connectivity index (χ2v) is 12.4. The Bertz CT molecular complexity index is 907. The molecule has 1 heterocycles. The fourth-order valence-electron chi connectivity index (χ4n) is 9.33. The van der Waals surface area contributed by atoms with Gasteiger partial charge in [-0.15, -0.1) is 0 Å². The summed E-state index contributed by atoms with van der Waals surface area (Å²) in [5, 5.41) is 36.1. The van der Waals surface area contributed by atoms with E-state index in [1.807, 2.05) is 6.92 Å². The topological polar surface area (TPSA) is 91.3 Å². The fraction of sp³-hybridized carbons (Fsp3) is 0.852. The smallest absolute Gasteiger partial charge is 0.102 e. The van der Waals surface area contributed by atoms with Crippen molar-refractivity contribution >= 4 is 0 Å². The molecule has 0 aliphatic heterocycles. The van der Waals surface area contributed by atoms with Crippen LogP contribution >= 0.6 is 0 Å². The maximum atomic E-state index is 11.7. The van der Waals surface area contributed by atoms with Crippen molar-refractivity contribution in [3.63, 3.8) is 0 Å². The van der Waals surface area contributed by atoms with Gasteiger partial charge >= 0.3 is 0 Å². The number of hydrogen-bond donors (Lipinski definition) is 2. The number of nitrogens with zero attached hydrogens (tertiary/aromatic N) is 3. The van der Waals surface area contributed by atoms with Crippen molar-refractivity contribution in [2.45, 2.75) is 89.4 Å². The predicted octanol–water partition coefficient (Wildman–Crippen LogP) is 4.15. The molecular weight excluding hydrogens is 414 g/mol. The number of hydrogen-bond acceptors (Lipinski definition) is 5. The van der Waals surface area contributed by atoms with Gasteiger partial charge in [0.25, 0.3) is 0 Å². The molecule has 0 saturated heterocycles. The summed E-state index contributed by atoms with van der Waals surface area (Å²) >= 11 is 0. The van der Waals surface area contributed by atoms with Crippen LogP contribution in [0.5, 0.6) is 0 Å². The molecule has 9 atom stereocenters. The van der Waals surface area contributed by atoms with Crippen LogP contribution in [0.25, 0.3) is 0 Å². The minimum absolute atomic E-state index is 0.161. The molecule has 5 rings (SSSR count). The normalized spacial score (nSPS) is 44.2.